The minimum absolute atomic E-state index is 0.0285. The van der Waals surface area contributed by atoms with E-state index < -0.39 is 0 Å². The number of nitrogens with two attached hydrogens (primary N) is 2. The van der Waals surface area contributed by atoms with Crippen LogP contribution < -0.4 is 21.3 Å². The summed E-state index contributed by atoms with van der Waals surface area (Å²) in [5, 5.41) is 39.5. The van der Waals surface area contributed by atoms with Crippen LogP contribution in [0.5, 0.6) is 11.5 Å². The first-order chi connectivity index (χ1) is 26.5. The summed E-state index contributed by atoms with van der Waals surface area (Å²) in [5.74, 6) is 0.567. The number of aromatic hydroxyl groups is 2. The molecule has 4 heterocycles. The minimum atomic E-state index is -0.337. The predicted octanol–water partition coefficient (Wildman–Crippen LogP) is 4.12. The summed E-state index contributed by atoms with van der Waals surface area (Å²) < 4.78 is 0. The number of phenolic OH excluding ortho intramolecular Hbond substituents is 2. The molecule has 284 valence electrons. The van der Waals surface area contributed by atoms with E-state index in [4.69, 9.17) is 11.5 Å². The van der Waals surface area contributed by atoms with Gasteiger partial charge in [0.2, 0.25) is 11.8 Å². The molecule has 14 nitrogen and oxygen atoms in total. The Kier molecular flexibility index (Phi) is 10.4. The molecule has 7 rings (SSSR count). The molecule has 55 heavy (non-hydrogen) atoms. The van der Waals surface area contributed by atoms with Crippen LogP contribution in [0.25, 0.3) is 22.5 Å². The van der Waals surface area contributed by atoms with E-state index in [9.17, 15) is 19.8 Å². The number of hydrogen-bond acceptors (Lipinski definition) is 12. The van der Waals surface area contributed by atoms with Crippen molar-refractivity contribution >= 4 is 34.8 Å². The second-order valence-corrected chi connectivity index (χ2v) is 14.4. The quantitative estimate of drug-likeness (QED) is 0.178. The van der Waals surface area contributed by atoms with Crippen LogP contribution in [0.3, 0.4) is 0 Å². The van der Waals surface area contributed by atoms with Crippen LogP contribution in [0.15, 0.2) is 84.9 Å². The van der Waals surface area contributed by atoms with Gasteiger partial charge in [0.15, 0.2) is 11.6 Å². The SMILES string of the molecule is CC(=O)N1CCN(c2cc(-c3cccc(C[C@@H]4CN(c5cc(-c6ccccc6O)nnc5N)C[C@@H](C)N4C(C)=O)c3O)nnc2N)C[C@@H]1Cc1ccccc1. The third-order valence-corrected chi connectivity index (χ3v) is 10.7. The molecule has 2 aromatic heterocycles. The molecule has 2 fully saturated rings. The highest BCUT2D eigenvalue weighted by Crippen LogP contribution is 2.37. The van der Waals surface area contributed by atoms with E-state index in [-0.39, 0.29) is 53.1 Å². The lowest BCUT2D eigenvalue weighted by Crippen LogP contribution is -2.60. The summed E-state index contributed by atoms with van der Waals surface area (Å²) in [4.78, 5) is 33.7. The van der Waals surface area contributed by atoms with Crippen molar-refractivity contribution in [2.45, 2.75) is 51.7 Å². The molecule has 0 bridgehead atoms. The van der Waals surface area contributed by atoms with Gasteiger partial charge in [-0.05, 0) is 61.2 Å². The molecule has 0 spiro atoms. The van der Waals surface area contributed by atoms with Gasteiger partial charge < -0.3 is 41.3 Å². The summed E-state index contributed by atoms with van der Waals surface area (Å²) in [6, 6.07) is 25.6. The Morgan fingerprint density at radius 1 is 0.691 bits per heavy atom. The lowest BCUT2D eigenvalue weighted by Gasteiger charge is -2.46. The topological polar surface area (TPSA) is 191 Å². The number of nitrogen functional groups attached to an aromatic ring is 2. The third-order valence-electron chi connectivity index (χ3n) is 10.7. The number of carbonyl (C=O) groups is 2. The third kappa shape index (κ3) is 7.66. The Morgan fingerprint density at radius 3 is 1.98 bits per heavy atom. The predicted molar refractivity (Wildman–Crippen MR) is 212 cm³/mol. The maximum absolute atomic E-state index is 13.1. The van der Waals surface area contributed by atoms with E-state index in [1.165, 1.54) is 0 Å². The number of phenols is 2. The molecule has 2 saturated heterocycles. The number of para-hydroxylation sites is 2. The summed E-state index contributed by atoms with van der Waals surface area (Å²) in [7, 11) is 0. The molecule has 5 aromatic rings. The van der Waals surface area contributed by atoms with Crippen LogP contribution in [0.1, 0.15) is 31.9 Å². The van der Waals surface area contributed by atoms with Crippen molar-refractivity contribution in [3.8, 4) is 34.0 Å². The van der Waals surface area contributed by atoms with Crippen molar-refractivity contribution in [3.63, 3.8) is 0 Å². The van der Waals surface area contributed by atoms with Crippen LogP contribution in [0.4, 0.5) is 23.0 Å². The van der Waals surface area contributed by atoms with Gasteiger partial charge in [-0.3, -0.25) is 9.59 Å². The van der Waals surface area contributed by atoms with Crippen LogP contribution >= 0.6 is 0 Å². The van der Waals surface area contributed by atoms with Crippen molar-refractivity contribution in [2.75, 3.05) is 54.0 Å². The number of hydrogen-bond donors (Lipinski definition) is 4. The number of benzene rings is 3. The molecule has 2 aliphatic rings. The van der Waals surface area contributed by atoms with Gasteiger partial charge in [-0.1, -0.05) is 54.6 Å². The molecule has 0 unspecified atom stereocenters. The van der Waals surface area contributed by atoms with Gasteiger partial charge in [0, 0.05) is 63.7 Å². The first kappa shape index (κ1) is 36.9. The summed E-state index contributed by atoms with van der Waals surface area (Å²) >= 11 is 0. The molecule has 0 saturated carbocycles. The maximum Gasteiger partial charge on any atom is 0.220 e. The Labute approximate surface area is 320 Å². The lowest BCUT2D eigenvalue weighted by molar-refractivity contribution is -0.134. The number of nitrogens with zero attached hydrogens (tertiary/aromatic N) is 8. The Balaban J connectivity index is 1.16. The summed E-state index contributed by atoms with van der Waals surface area (Å²) in [5.41, 5.74) is 17.9. The Hall–Kier alpha value is -6.44. The van der Waals surface area contributed by atoms with Gasteiger partial charge in [0.25, 0.3) is 0 Å². The normalized spacial score (nSPS) is 18.7. The number of rotatable bonds is 8. The van der Waals surface area contributed by atoms with E-state index >= 15 is 0 Å². The van der Waals surface area contributed by atoms with Crippen molar-refractivity contribution in [2.24, 2.45) is 0 Å². The van der Waals surface area contributed by atoms with Gasteiger partial charge in [-0.25, -0.2) is 0 Å². The largest absolute Gasteiger partial charge is 0.507 e. The Morgan fingerprint density at radius 2 is 1.31 bits per heavy atom. The number of aromatic nitrogens is 4. The molecule has 3 atom stereocenters. The molecule has 2 amide bonds. The average Bonchev–Trinajstić information content (AvgIpc) is 3.16. The van der Waals surface area contributed by atoms with Gasteiger partial charge in [-0.2, -0.15) is 0 Å². The van der Waals surface area contributed by atoms with Crippen molar-refractivity contribution in [3.05, 3.63) is 96.1 Å². The van der Waals surface area contributed by atoms with Crippen LogP contribution in [0.2, 0.25) is 0 Å². The molecule has 6 N–H and O–H groups in total. The fourth-order valence-corrected chi connectivity index (χ4v) is 8.12. The molecule has 2 aliphatic heterocycles. The van der Waals surface area contributed by atoms with E-state index in [0.29, 0.717) is 85.0 Å². The second-order valence-electron chi connectivity index (χ2n) is 14.4. The fourth-order valence-electron chi connectivity index (χ4n) is 8.12. The highest BCUT2D eigenvalue weighted by atomic mass is 16.3. The number of amides is 2. The van der Waals surface area contributed by atoms with Crippen LogP contribution in [-0.4, -0.2) is 103 Å². The molecular weight excluding hydrogens is 697 g/mol. The van der Waals surface area contributed by atoms with Gasteiger partial charge in [-0.15, -0.1) is 20.4 Å². The molecule has 14 heteroatoms. The maximum atomic E-state index is 13.1. The van der Waals surface area contributed by atoms with Gasteiger partial charge in [0.1, 0.15) is 11.5 Å². The fraction of sp³-hybridized carbons (Fsp3) is 0.317. The average molecular weight is 743 g/mol. The van der Waals surface area contributed by atoms with Crippen molar-refractivity contribution < 1.29 is 19.8 Å². The smallest absolute Gasteiger partial charge is 0.220 e. The number of anilines is 4. The highest BCUT2D eigenvalue weighted by Gasteiger charge is 2.36. The monoisotopic (exact) mass is 742 g/mol. The zero-order valence-electron chi connectivity index (χ0n) is 31.2. The molecular formula is C41H46N10O4. The zero-order chi connectivity index (χ0) is 38.8. The Bertz CT molecular complexity index is 2200. The van der Waals surface area contributed by atoms with Crippen LogP contribution in [-0.2, 0) is 22.4 Å². The highest BCUT2D eigenvalue weighted by molar-refractivity contribution is 5.78. The van der Waals surface area contributed by atoms with Gasteiger partial charge in [0.05, 0.1) is 34.8 Å². The van der Waals surface area contributed by atoms with E-state index in [2.05, 4.69) is 42.3 Å². The summed E-state index contributed by atoms with van der Waals surface area (Å²) in [6.07, 6.45) is 1.04. The number of piperazine rings is 2. The standard InChI is InChI=1S/C41H46N10O4/c1-25-22-49(37-20-34(44-47-41(37)43)32-13-7-8-15-38(32)54)24-31(51(25)27(3)53)19-29-12-9-14-33(39(29)55)35-21-36(40(42)46-45-35)48-16-17-50(26(2)52)30(23-48)18-28-10-5-4-6-11-28/h4-15,20-21,25,30-31,54-55H,16-19,22-24H2,1-3H3,(H2,42,46)(H2,43,47)/t25-,30+,31-/m1/s1. The lowest BCUT2D eigenvalue weighted by atomic mass is 9.95. The number of carbonyl (C=O) groups excluding carboxylic acids is 2. The van der Waals surface area contributed by atoms with Crippen molar-refractivity contribution in [1.82, 2.24) is 30.2 Å². The second kappa shape index (κ2) is 15.5. The van der Waals surface area contributed by atoms with E-state index in [1.54, 1.807) is 38.1 Å². The molecule has 0 radical (unpaired) electrons. The molecule has 3 aromatic carbocycles. The minimum Gasteiger partial charge on any atom is -0.507 e. The van der Waals surface area contributed by atoms with E-state index in [0.717, 1.165) is 5.56 Å². The molecule has 0 aliphatic carbocycles. The summed E-state index contributed by atoms with van der Waals surface area (Å²) in [6.45, 7) is 7.70. The van der Waals surface area contributed by atoms with Crippen LogP contribution in [0, 0.1) is 0 Å². The first-order valence-electron chi connectivity index (χ1n) is 18.4. The van der Waals surface area contributed by atoms with E-state index in [1.807, 2.05) is 65.3 Å². The van der Waals surface area contributed by atoms with Gasteiger partial charge >= 0.3 is 0 Å². The first-order valence-corrected chi connectivity index (χ1v) is 18.4. The zero-order valence-corrected chi connectivity index (χ0v) is 31.2. The van der Waals surface area contributed by atoms with Crippen molar-refractivity contribution in [1.29, 1.82) is 0 Å².